The molecule has 3 heterocycles. The molecule has 3 atom stereocenters. The molecule has 0 bridgehead atoms. The van der Waals surface area contributed by atoms with E-state index in [1.54, 1.807) is 11.8 Å². The van der Waals surface area contributed by atoms with Crippen LogP contribution in [0.2, 0.25) is 0 Å². The van der Waals surface area contributed by atoms with Gasteiger partial charge in [-0.1, -0.05) is 0 Å². The number of carboxylic acids is 1. The molecule has 3 unspecified atom stereocenters. The average molecular weight is 620 g/mol. The number of likely N-dealkylation sites (N-methyl/N-ethyl adjacent to an activating group) is 1. The number of ketones is 1. The minimum Gasteiger partial charge on any atom is -0.493 e. The molecule has 1 aromatic carbocycles. The number of nitroso groups, excluding NO2 is 1. The van der Waals surface area contributed by atoms with Gasteiger partial charge in [0.1, 0.15) is 34.4 Å². The Balaban J connectivity index is 1.39. The van der Waals surface area contributed by atoms with Crippen LogP contribution in [-0.2, 0) is 16.3 Å². The van der Waals surface area contributed by atoms with E-state index in [1.807, 2.05) is 11.8 Å². The quantitative estimate of drug-likeness (QED) is 0.157. The number of carbonyl (C=O) groups excluding carboxylic acids is 1. The number of hydrogen-bond acceptors (Lipinski definition) is 9. The molecule has 1 aliphatic carbocycles. The van der Waals surface area contributed by atoms with Crippen molar-refractivity contribution >= 4 is 45.7 Å². The van der Waals surface area contributed by atoms with Gasteiger partial charge in [0.15, 0.2) is 5.78 Å². The van der Waals surface area contributed by atoms with Crippen LogP contribution in [0.25, 0.3) is 10.9 Å². The molecule has 0 amide bonds. The number of thiocarbonyl (C=S) groups is 1. The fourth-order valence-electron chi connectivity index (χ4n) is 5.86. The van der Waals surface area contributed by atoms with Crippen LogP contribution in [0.3, 0.4) is 0 Å². The van der Waals surface area contributed by atoms with Crippen molar-refractivity contribution in [3.63, 3.8) is 0 Å². The summed E-state index contributed by atoms with van der Waals surface area (Å²) in [7, 11) is 0. The number of nitrogens with zero attached hydrogens (tertiary/aromatic N) is 5. The van der Waals surface area contributed by atoms with Crippen LogP contribution in [0.15, 0.2) is 58.6 Å². The Labute approximate surface area is 248 Å². The van der Waals surface area contributed by atoms with Crippen molar-refractivity contribution < 1.29 is 33.0 Å². The van der Waals surface area contributed by atoms with Gasteiger partial charge in [-0.25, -0.2) is 18.0 Å². The van der Waals surface area contributed by atoms with Crippen LogP contribution in [0, 0.1) is 16.6 Å². The van der Waals surface area contributed by atoms with Gasteiger partial charge in [-0.15, -0.1) is 4.91 Å². The molecule has 1 fully saturated rings. The number of carbonyl (C=O) groups is 2. The number of halogens is 3. The SMILES string of the molecule is CCN1C=C(C(=O)O)C(=O)C2C=C(F)C(N3CCN(Cn4c(O)c(NNC(=S)N=O)c5cc(F)ccc54)C(C)C3)=C(F)C21. The van der Waals surface area contributed by atoms with E-state index >= 15 is 8.78 Å². The van der Waals surface area contributed by atoms with Gasteiger partial charge >= 0.3 is 5.97 Å². The van der Waals surface area contributed by atoms with E-state index in [2.05, 4.69) is 16.0 Å². The summed E-state index contributed by atoms with van der Waals surface area (Å²) in [6, 6.07) is 2.49. The molecule has 4 N–H and O–H groups in total. The minimum absolute atomic E-state index is 0.0746. The molecule has 2 aromatic rings. The Morgan fingerprint density at radius 1 is 1.23 bits per heavy atom. The summed E-state index contributed by atoms with van der Waals surface area (Å²) in [6.45, 7) is 4.57. The first-order valence-electron chi connectivity index (χ1n) is 13.4. The zero-order valence-electron chi connectivity index (χ0n) is 23.1. The maximum absolute atomic E-state index is 16.0. The zero-order valence-corrected chi connectivity index (χ0v) is 23.9. The normalized spacial score (nSPS) is 22.7. The molecule has 0 radical (unpaired) electrons. The molecule has 0 saturated carbocycles. The summed E-state index contributed by atoms with van der Waals surface area (Å²) in [5.74, 6) is -6.21. The van der Waals surface area contributed by atoms with Gasteiger partial charge in [0.25, 0.3) is 5.11 Å². The average Bonchev–Trinajstić information content (AvgIpc) is 3.22. The highest BCUT2D eigenvalue weighted by molar-refractivity contribution is 7.80. The molecule has 3 aliphatic rings. The molecule has 16 heteroatoms. The van der Waals surface area contributed by atoms with E-state index in [0.717, 1.165) is 12.3 Å². The van der Waals surface area contributed by atoms with E-state index in [0.29, 0.717) is 17.4 Å². The molecular formula is C27H28F3N7O5S. The lowest BCUT2D eigenvalue weighted by molar-refractivity contribution is -0.136. The summed E-state index contributed by atoms with van der Waals surface area (Å²) in [5.41, 5.74) is 4.71. The number of aromatic hydroxyl groups is 1. The molecule has 43 heavy (non-hydrogen) atoms. The highest BCUT2D eigenvalue weighted by Gasteiger charge is 2.46. The Morgan fingerprint density at radius 3 is 2.63 bits per heavy atom. The Bertz CT molecular complexity index is 1620. The largest absolute Gasteiger partial charge is 0.493 e. The van der Waals surface area contributed by atoms with Crippen LogP contribution in [-0.4, -0.2) is 84.6 Å². The van der Waals surface area contributed by atoms with Crippen LogP contribution < -0.4 is 10.9 Å². The molecule has 1 saturated heterocycles. The van der Waals surface area contributed by atoms with Gasteiger partial charge in [-0.3, -0.25) is 25.1 Å². The Hall–Kier alpha value is -4.44. The summed E-state index contributed by atoms with van der Waals surface area (Å²) in [5, 5.41) is 22.9. The zero-order chi connectivity index (χ0) is 31.2. The first kappa shape index (κ1) is 30.0. The highest BCUT2D eigenvalue weighted by Crippen LogP contribution is 2.41. The lowest BCUT2D eigenvalue weighted by Gasteiger charge is -2.45. The van der Waals surface area contributed by atoms with Crippen molar-refractivity contribution in [1.29, 1.82) is 0 Å². The second-order valence-corrected chi connectivity index (χ2v) is 10.8. The predicted molar refractivity (Wildman–Crippen MR) is 154 cm³/mol. The number of Topliss-reactive ketones (excluding diaryl/α,β-unsaturated/α-hetero) is 1. The second kappa shape index (κ2) is 11.7. The van der Waals surface area contributed by atoms with Crippen molar-refractivity contribution in [2.24, 2.45) is 11.1 Å². The number of carboxylic acid groups (broad SMARTS) is 1. The fraction of sp³-hybridized carbons (Fsp3) is 0.370. The van der Waals surface area contributed by atoms with E-state index in [1.165, 1.54) is 27.7 Å². The van der Waals surface area contributed by atoms with Crippen molar-refractivity contribution in [2.45, 2.75) is 32.6 Å². The molecule has 228 valence electrons. The number of allylic oxidation sites excluding steroid dienone is 1. The molecular weight excluding hydrogens is 591 g/mol. The number of hydrogen-bond donors (Lipinski definition) is 4. The lowest BCUT2D eigenvalue weighted by Crippen LogP contribution is -2.53. The van der Waals surface area contributed by atoms with Gasteiger partial charge in [-0.05, 0) is 50.3 Å². The number of piperazine rings is 1. The van der Waals surface area contributed by atoms with Crippen molar-refractivity contribution in [3.05, 3.63) is 64.1 Å². The number of aliphatic carboxylic acids is 1. The summed E-state index contributed by atoms with van der Waals surface area (Å²) < 4.78 is 47.0. The van der Waals surface area contributed by atoms with Gasteiger partial charge in [0.2, 0.25) is 5.88 Å². The minimum atomic E-state index is -1.46. The first-order valence-corrected chi connectivity index (χ1v) is 13.8. The van der Waals surface area contributed by atoms with Gasteiger partial charge < -0.3 is 20.0 Å². The first-order chi connectivity index (χ1) is 20.5. The predicted octanol–water partition coefficient (Wildman–Crippen LogP) is 3.32. The third kappa shape index (κ3) is 5.31. The van der Waals surface area contributed by atoms with Gasteiger partial charge in [-0.2, -0.15) is 0 Å². The molecule has 1 aromatic heterocycles. The van der Waals surface area contributed by atoms with Crippen LogP contribution in [0.5, 0.6) is 5.88 Å². The second-order valence-electron chi connectivity index (χ2n) is 10.4. The van der Waals surface area contributed by atoms with Gasteiger partial charge in [0, 0.05) is 49.0 Å². The summed E-state index contributed by atoms with van der Waals surface area (Å²) in [4.78, 5) is 39.9. The summed E-state index contributed by atoms with van der Waals surface area (Å²) >= 11 is 4.71. The van der Waals surface area contributed by atoms with Crippen LogP contribution >= 0.6 is 12.2 Å². The molecule has 0 spiro atoms. The topological polar surface area (TPSA) is 143 Å². The van der Waals surface area contributed by atoms with Crippen LogP contribution in [0.1, 0.15) is 13.8 Å². The maximum Gasteiger partial charge on any atom is 0.340 e. The number of rotatable bonds is 7. The number of fused-ring (bicyclic) bond motifs is 2. The van der Waals surface area contributed by atoms with E-state index in [9.17, 15) is 29.1 Å². The monoisotopic (exact) mass is 619 g/mol. The maximum atomic E-state index is 16.0. The van der Waals surface area contributed by atoms with Crippen molar-refractivity contribution in [1.82, 2.24) is 24.7 Å². The van der Waals surface area contributed by atoms with Crippen molar-refractivity contribution in [2.75, 3.05) is 31.6 Å². The van der Waals surface area contributed by atoms with E-state index in [4.69, 9.17) is 12.2 Å². The lowest BCUT2D eigenvalue weighted by atomic mass is 9.82. The number of benzene rings is 1. The summed E-state index contributed by atoms with van der Waals surface area (Å²) in [6.07, 6.45) is 2.11. The van der Waals surface area contributed by atoms with Gasteiger partial charge in [0.05, 0.1) is 24.1 Å². The standard InChI is InChI=1S/C27H28F3N7O5S/c1-3-34-11-17(26(40)41)24(38)16-9-18(29)23(20(30)22(16)34)35-6-7-36(13(2)10-35)12-37-19-5-4-14(28)8-15(19)21(25(37)39)31-32-27(43)33-42/h4-5,8-9,11,13,16,22,31,39H,3,6-7,10,12H2,1-2H3,(H,32,43)(H,40,41). The van der Waals surface area contributed by atoms with E-state index < -0.39 is 51.9 Å². The Morgan fingerprint density at radius 2 is 1.98 bits per heavy atom. The number of nitrogens with one attached hydrogen (secondary N) is 2. The van der Waals surface area contributed by atoms with E-state index in [-0.39, 0.29) is 49.6 Å². The molecule has 12 nitrogen and oxygen atoms in total. The Kier molecular flexibility index (Phi) is 8.16. The van der Waals surface area contributed by atoms with Crippen molar-refractivity contribution in [3.8, 4) is 5.88 Å². The third-order valence-corrected chi connectivity index (χ3v) is 8.15. The number of anilines is 1. The highest BCUT2D eigenvalue weighted by atomic mass is 32.1. The fourth-order valence-corrected chi connectivity index (χ4v) is 5.91. The molecule has 5 rings (SSSR count). The number of hydrazine groups is 1. The smallest absolute Gasteiger partial charge is 0.340 e. The number of aromatic nitrogens is 1. The van der Waals surface area contributed by atoms with Crippen LogP contribution in [0.4, 0.5) is 18.9 Å². The third-order valence-electron chi connectivity index (χ3n) is 7.97. The molecule has 2 aliphatic heterocycles.